The second-order valence-corrected chi connectivity index (χ2v) is 12.8. The van der Waals surface area contributed by atoms with Crippen LogP contribution in [0.1, 0.15) is 57.9 Å². The van der Waals surface area contributed by atoms with E-state index in [9.17, 15) is 9.00 Å². The smallest absolute Gasteiger partial charge is 0.178 e. The molecule has 7 atom stereocenters. The third-order valence-corrected chi connectivity index (χ3v) is 12.2. The summed E-state index contributed by atoms with van der Waals surface area (Å²) in [6, 6.07) is 10.1. The van der Waals surface area contributed by atoms with Crippen molar-refractivity contribution in [2.24, 2.45) is 28.6 Å². The fraction of sp³-hybridized carbons (Fsp3) is 0.577. The van der Waals surface area contributed by atoms with Crippen molar-refractivity contribution < 1.29 is 9.00 Å². The van der Waals surface area contributed by atoms with Gasteiger partial charge in [-0.3, -0.25) is 9.00 Å². The zero-order chi connectivity index (χ0) is 21.1. The molecule has 1 aromatic rings. The standard InChI is InChI=1S/C26H31ClO2S/c1-24-13-10-20(28)16-19(24)8-9-21-22(24)11-14-25(2)23(21)12-15-26(25,27)30(29)17-18-6-4-3-5-7-18/h3-7,10,13,16,21-23H,8-9,11-12,14-15,17H2,1-2H3/t21-,22+,23+,24+,25+,26+,30?/m1/s1. The number of allylic oxidation sites excluding steroid dienone is 4. The van der Waals surface area contributed by atoms with Crippen molar-refractivity contribution >= 4 is 28.2 Å². The van der Waals surface area contributed by atoms with E-state index >= 15 is 0 Å². The Morgan fingerprint density at radius 3 is 2.57 bits per heavy atom. The summed E-state index contributed by atoms with van der Waals surface area (Å²) in [6.07, 6.45) is 12.0. The van der Waals surface area contributed by atoms with E-state index in [1.54, 1.807) is 6.08 Å². The molecular formula is C26H31ClO2S. The Bertz CT molecular complexity index is 953. The van der Waals surface area contributed by atoms with Gasteiger partial charge in [-0.25, -0.2) is 0 Å². The van der Waals surface area contributed by atoms with Gasteiger partial charge >= 0.3 is 0 Å². The minimum atomic E-state index is -1.11. The van der Waals surface area contributed by atoms with Gasteiger partial charge in [-0.05, 0) is 74.0 Å². The van der Waals surface area contributed by atoms with Crippen LogP contribution in [0.5, 0.6) is 0 Å². The molecule has 4 heteroatoms. The first kappa shape index (κ1) is 20.7. The predicted molar refractivity (Wildman–Crippen MR) is 123 cm³/mol. The monoisotopic (exact) mass is 442 g/mol. The molecule has 0 radical (unpaired) electrons. The van der Waals surface area contributed by atoms with E-state index in [2.05, 4.69) is 32.1 Å². The van der Waals surface area contributed by atoms with Crippen molar-refractivity contribution in [3.05, 3.63) is 59.7 Å². The summed E-state index contributed by atoms with van der Waals surface area (Å²) in [7, 11) is -1.11. The Labute approximate surface area is 187 Å². The Morgan fingerprint density at radius 2 is 1.80 bits per heavy atom. The Balaban J connectivity index is 1.43. The zero-order valence-electron chi connectivity index (χ0n) is 17.9. The van der Waals surface area contributed by atoms with Crippen LogP contribution in [0.3, 0.4) is 0 Å². The summed E-state index contributed by atoms with van der Waals surface area (Å²) < 4.78 is 13.0. The molecule has 1 aromatic carbocycles. The van der Waals surface area contributed by atoms with Crippen molar-refractivity contribution in [1.29, 1.82) is 0 Å². The van der Waals surface area contributed by atoms with Crippen molar-refractivity contribution in [2.45, 2.75) is 62.3 Å². The molecule has 3 saturated carbocycles. The SMILES string of the molecule is C[C@]12C=CC(=O)C=C1CC[C@@H]1[C@@H]2CC[C@@]2(C)[C@H]1CC[C@]2(Cl)S(=O)Cc1ccccc1. The van der Waals surface area contributed by atoms with Gasteiger partial charge in [0, 0.05) is 21.6 Å². The molecule has 1 unspecified atom stereocenters. The van der Waals surface area contributed by atoms with Crippen molar-refractivity contribution in [3.8, 4) is 0 Å². The van der Waals surface area contributed by atoms with Crippen LogP contribution in [0.15, 0.2) is 54.1 Å². The van der Waals surface area contributed by atoms with E-state index < -0.39 is 15.0 Å². The van der Waals surface area contributed by atoms with Crippen LogP contribution in [0, 0.1) is 28.6 Å². The van der Waals surface area contributed by atoms with Crippen molar-refractivity contribution in [1.82, 2.24) is 0 Å². The minimum Gasteiger partial charge on any atom is -0.290 e. The molecule has 4 aliphatic carbocycles. The molecular weight excluding hydrogens is 412 g/mol. The minimum absolute atomic E-state index is 0.00108. The van der Waals surface area contributed by atoms with E-state index in [1.807, 2.05) is 24.3 Å². The quantitative estimate of drug-likeness (QED) is 0.524. The van der Waals surface area contributed by atoms with Crippen LogP contribution >= 0.6 is 11.6 Å². The van der Waals surface area contributed by atoms with E-state index in [1.165, 1.54) is 5.57 Å². The van der Waals surface area contributed by atoms with Crippen LogP contribution in [-0.4, -0.2) is 14.2 Å². The number of carbonyl (C=O) groups is 1. The van der Waals surface area contributed by atoms with Gasteiger partial charge in [-0.2, -0.15) is 0 Å². The molecule has 0 amide bonds. The normalized spacial score (nSPS) is 43.4. The second kappa shape index (κ2) is 7.17. The summed E-state index contributed by atoms with van der Waals surface area (Å²) in [4.78, 5) is 11.9. The lowest BCUT2D eigenvalue weighted by atomic mass is 9.48. The van der Waals surface area contributed by atoms with Crippen LogP contribution in [0.4, 0.5) is 0 Å². The average molecular weight is 443 g/mol. The van der Waals surface area contributed by atoms with Crippen LogP contribution in [0.2, 0.25) is 0 Å². The lowest BCUT2D eigenvalue weighted by Crippen LogP contribution is -2.53. The number of benzene rings is 1. The first-order valence-electron chi connectivity index (χ1n) is 11.3. The number of rotatable bonds is 3. The number of alkyl halides is 1. The van der Waals surface area contributed by atoms with Crippen LogP contribution in [0.25, 0.3) is 0 Å². The van der Waals surface area contributed by atoms with Gasteiger partial charge in [0.15, 0.2) is 5.78 Å². The fourth-order valence-electron chi connectivity index (χ4n) is 7.35. The molecule has 0 bridgehead atoms. The first-order valence-corrected chi connectivity index (χ1v) is 13.0. The summed E-state index contributed by atoms with van der Waals surface area (Å²) in [5.74, 6) is 2.34. The molecule has 30 heavy (non-hydrogen) atoms. The maximum Gasteiger partial charge on any atom is 0.178 e. The molecule has 0 N–H and O–H groups in total. The Morgan fingerprint density at radius 1 is 1.07 bits per heavy atom. The molecule has 4 aliphatic rings. The van der Waals surface area contributed by atoms with Gasteiger partial charge in [0.1, 0.15) is 4.21 Å². The molecule has 3 fully saturated rings. The number of fused-ring (bicyclic) bond motifs is 5. The molecule has 0 aromatic heterocycles. The van der Waals surface area contributed by atoms with Gasteiger partial charge in [0.2, 0.25) is 0 Å². The summed E-state index contributed by atoms with van der Waals surface area (Å²) in [5.41, 5.74) is 2.33. The Kier molecular flexibility index (Phi) is 4.95. The van der Waals surface area contributed by atoms with Crippen molar-refractivity contribution in [3.63, 3.8) is 0 Å². The number of hydrogen-bond donors (Lipinski definition) is 0. The number of hydrogen-bond acceptors (Lipinski definition) is 2. The topological polar surface area (TPSA) is 34.1 Å². The van der Waals surface area contributed by atoms with Gasteiger partial charge < -0.3 is 0 Å². The summed E-state index contributed by atoms with van der Waals surface area (Å²) >= 11 is 7.34. The van der Waals surface area contributed by atoms with E-state index in [4.69, 9.17) is 11.6 Å². The highest BCUT2D eigenvalue weighted by molar-refractivity contribution is 7.87. The highest BCUT2D eigenvalue weighted by Crippen LogP contribution is 2.69. The Hall–Kier alpha value is -1.19. The molecule has 160 valence electrons. The summed E-state index contributed by atoms with van der Waals surface area (Å²) in [5, 5.41) is 0. The van der Waals surface area contributed by atoms with Gasteiger partial charge in [0.25, 0.3) is 0 Å². The zero-order valence-corrected chi connectivity index (χ0v) is 19.5. The van der Waals surface area contributed by atoms with Crippen molar-refractivity contribution in [2.75, 3.05) is 0 Å². The van der Waals surface area contributed by atoms with Gasteiger partial charge in [0.05, 0.1) is 5.75 Å². The third-order valence-electron chi connectivity index (χ3n) is 9.08. The van der Waals surface area contributed by atoms with Gasteiger partial charge in [-0.1, -0.05) is 55.8 Å². The largest absolute Gasteiger partial charge is 0.290 e. The van der Waals surface area contributed by atoms with E-state index in [-0.39, 0.29) is 16.6 Å². The number of ketones is 1. The lowest BCUT2D eigenvalue weighted by Gasteiger charge is -2.57. The first-order chi connectivity index (χ1) is 14.3. The molecule has 0 heterocycles. The maximum absolute atomic E-state index is 13.6. The predicted octanol–water partition coefficient (Wildman–Crippen LogP) is 6.18. The number of carbonyl (C=O) groups excluding carboxylic acids is 1. The summed E-state index contributed by atoms with van der Waals surface area (Å²) in [6.45, 7) is 4.66. The third kappa shape index (κ3) is 2.88. The molecule has 2 nitrogen and oxygen atoms in total. The van der Waals surface area contributed by atoms with E-state index in [0.29, 0.717) is 23.5 Å². The molecule has 5 rings (SSSR count). The fourth-order valence-corrected chi connectivity index (χ4v) is 9.70. The van der Waals surface area contributed by atoms with E-state index in [0.717, 1.165) is 44.1 Å². The highest BCUT2D eigenvalue weighted by Gasteiger charge is 2.65. The van der Waals surface area contributed by atoms with Crippen LogP contribution in [-0.2, 0) is 21.3 Å². The molecule has 0 aliphatic heterocycles. The average Bonchev–Trinajstić information content (AvgIpc) is 3.01. The molecule has 0 spiro atoms. The maximum atomic E-state index is 13.6. The number of halogens is 1. The highest BCUT2D eigenvalue weighted by atomic mass is 35.5. The molecule has 0 saturated heterocycles. The van der Waals surface area contributed by atoms with Gasteiger partial charge in [-0.15, -0.1) is 11.6 Å². The van der Waals surface area contributed by atoms with Crippen LogP contribution < -0.4 is 0 Å². The lowest BCUT2D eigenvalue weighted by molar-refractivity contribution is -0.111. The second-order valence-electron chi connectivity index (χ2n) is 10.3.